The van der Waals surface area contributed by atoms with Crippen molar-refractivity contribution in [3.63, 3.8) is 0 Å². The quantitative estimate of drug-likeness (QED) is 0.253. The van der Waals surface area contributed by atoms with Crippen molar-refractivity contribution < 1.29 is 14.3 Å². The van der Waals surface area contributed by atoms with Gasteiger partial charge in [0.2, 0.25) is 5.91 Å². The van der Waals surface area contributed by atoms with Crippen LogP contribution in [0.25, 0.3) is 22.2 Å². The molecule has 1 aliphatic rings. The predicted molar refractivity (Wildman–Crippen MR) is 162 cm³/mol. The van der Waals surface area contributed by atoms with E-state index in [-0.39, 0.29) is 24.9 Å². The van der Waals surface area contributed by atoms with Crippen molar-refractivity contribution >= 4 is 16.8 Å². The van der Waals surface area contributed by atoms with Crippen LogP contribution in [0, 0.1) is 19.7 Å². The molecule has 1 aliphatic heterocycles. The maximum atomic E-state index is 13.3. The summed E-state index contributed by atoms with van der Waals surface area (Å²) in [5.74, 6) is 0.507. The summed E-state index contributed by atoms with van der Waals surface area (Å²) < 4.78 is 13.3. The van der Waals surface area contributed by atoms with E-state index in [2.05, 4.69) is 59.0 Å². The number of carbonyl (C=O) groups excluding carboxylic acids is 1. The monoisotopic (exact) mass is 556 g/mol. The zero-order valence-corrected chi connectivity index (χ0v) is 24.6. The number of piperidine rings is 1. The van der Waals surface area contributed by atoms with Gasteiger partial charge in [-0.15, -0.1) is 0 Å². The number of hydrogen-bond donors (Lipinski definition) is 2. The van der Waals surface area contributed by atoms with E-state index in [1.165, 1.54) is 39.9 Å². The lowest BCUT2D eigenvalue weighted by molar-refractivity contribution is -0.133. The first-order valence-electron chi connectivity index (χ1n) is 14.7. The topological polar surface area (TPSA) is 72.5 Å². The van der Waals surface area contributed by atoms with E-state index < -0.39 is 0 Å². The Morgan fingerprint density at radius 1 is 1.07 bits per heavy atom. The number of aryl methyl sites for hydroxylation is 2. The van der Waals surface area contributed by atoms with Crippen LogP contribution in [0.1, 0.15) is 66.6 Å². The summed E-state index contributed by atoms with van der Waals surface area (Å²) in [7, 11) is 0. The fourth-order valence-corrected chi connectivity index (χ4v) is 6.23. The van der Waals surface area contributed by atoms with Gasteiger partial charge in [-0.2, -0.15) is 0 Å². The molecule has 0 saturated carbocycles. The van der Waals surface area contributed by atoms with Crippen molar-refractivity contribution in [1.82, 2.24) is 19.8 Å². The Hall–Kier alpha value is -3.55. The molecule has 6 nitrogen and oxygen atoms in total. The number of aliphatic hydroxyl groups excluding tert-OH is 1. The second-order valence-electron chi connectivity index (χ2n) is 11.7. The van der Waals surface area contributed by atoms with Gasteiger partial charge in [0.25, 0.3) is 0 Å². The van der Waals surface area contributed by atoms with Crippen molar-refractivity contribution in [3.05, 3.63) is 88.5 Å². The van der Waals surface area contributed by atoms with Crippen LogP contribution < -0.4 is 0 Å². The molecule has 0 spiro atoms. The Kier molecular flexibility index (Phi) is 8.85. The molecule has 2 aromatic heterocycles. The van der Waals surface area contributed by atoms with Gasteiger partial charge in [-0.3, -0.25) is 14.7 Å². The number of halogens is 1. The zero-order valence-electron chi connectivity index (χ0n) is 24.6. The summed E-state index contributed by atoms with van der Waals surface area (Å²) in [6.07, 6.45) is 1.99. The molecule has 2 aromatic carbocycles. The van der Waals surface area contributed by atoms with Gasteiger partial charge < -0.3 is 15.0 Å². The van der Waals surface area contributed by atoms with Crippen LogP contribution in [0.15, 0.2) is 54.6 Å². The Morgan fingerprint density at radius 2 is 1.76 bits per heavy atom. The molecule has 0 unspecified atom stereocenters. The number of rotatable bonds is 9. The number of nitrogens with zero attached hydrogens (tertiary/aromatic N) is 3. The lowest BCUT2D eigenvalue weighted by Gasteiger charge is -2.33. The molecule has 3 heterocycles. The molecule has 5 rings (SSSR count). The summed E-state index contributed by atoms with van der Waals surface area (Å²) in [5.41, 5.74) is 9.13. The number of likely N-dealkylation sites (tertiary alicyclic amines) is 1. The number of H-pyrrole nitrogens is 1. The largest absolute Gasteiger partial charge is 0.395 e. The number of pyridine rings is 1. The molecular weight excluding hydrogens is 515 g/mol. The highest BCUT2D eigenvalue weighted by Crippen LogP contribution is 2.38. The molecule has 0 atom stereocenters. The molecule has 7 heteroatoms. The highest BCUT2D eigenvalue weighted by molar-refractivity contribution is 5.92. The Morgan fingerprint density at radius 3 is 2.39 bits per heavy atom. The number of carbonyl (C=O) groups is 1. The van der Waals surface area contributed by atoms with Crippen molar-refractivity contribution in [2.75, 3.05) is 32.8 Å². The lowest BCUT2D eigenvalue weighted by Crippen LogP contribution is -2.43. The Bertz CT molecular complexity index is 1480. The minimum atomic E-state index is -0.299. The molecule has 0 radical (unpaired) electrons. The van der Waals surface area contributed by atoms with Crippen molar-refractivity contribution in [1.29, 1.82) is 0 Å². The SMILES string of the molecule is Cc1cc(-c2[nH]c3ccc(C4CCN(CC(=O)N(CCO)Cc5ccc(F)cc5)CC4)cc3c2C(C)C)cc(C)n1. The molecule has 1 saturated heterocycles. The van der Waals surface area contributed by atoms with Gasteiger partial charge in [-0.05, 0) is 105 Å². The van der Waals surface area contributed by atoms with Gasteiger partial charge >= 0.3 is 0 Å². The second kappa shape index (κ2) is 12.5. The molecule has 0 aliphatic carbocycles. The highest BCUT2D eigenvalue weighted by atomic mass is 19.1. The summed E-state index contributed by atoms with van der Waals surface area (Å²) in [6.45, 7) is 11.2. The summed E-state index contributed by atoms with van der Waals surface area (Å²) in [6, 6.07) is 17.3. The van der Waals surface area contributed by atoms with Gasteiger partial charge in [0.05, 0.1) is 18.8 Å². The van der Waals surface area contributed by atoms with Crippen LogP contribution in [0.3, 0.4) is 0 Å². The number of hydrogen-bond acceptors (Lipinski definition) is 4. The minimum Gasteiger partial charge on any atom is -0.395 e. The van der Waals surface area contributed by atoms with E-state index in [9.17, 15) is 14.3 Å². The van der Waals surface area contributed by atoms with Crippen LogP contribution in [-0.2, 0) is 11.3 Å². The number of aromatic nitrogens is 2. The molecule has 2 N–H and O–H groups in total. The van der Waals surface area contributed by atoms with E-state index in [0.29, 0.717) is 24.9 Å². The molecule has 216 valence electrons. The molecule has 4 aromatic rings. The Balaban J connectivity index is 1.27. The van der Waals surface area contributed by atoms with Crippen LogP contribution >= 0.6 is 0 Å². The number of fused-ring (bicyclic) bond motifs is 1. The van der Waals surface area contributed by atoms with Gasteiger partial charge in [0, 0.05) is 40.9 Å². The first kappa shape index (κ1) is 29.0. The van der Waals surface area contributed by atoms with E-state index in [4.69, 9.17) is 0 Å². The lowest BCUT2D eigenvalue weighted by atomic mass is 9.87. The predicted octanol–water partition coefficient (Wildman–Crippen LogP) is 6.31. The number of amides is 1. The van der Waals surface area contributed by atoms with Gasteiger partial charge in [0.1, 0.15) is 5.82 Å². The average Bonchev–Trinajstić information content (AvgIpc) is 3.33. The number of benzene rings is 2. The molecule has 1 fully saturated rings. The molecule has 1 amide bonds. The minimum absolute atomic E-state index is 0.00810. The van der Waals surface area contributed by atoms with Crippen molar-refractivity contribution in [2.45, 2.75) is 58.9 Å². The van der Waals surface area contributed by atoms with Crippen LogP contribution in [0.4, 0.5) is 4.39 Å². The number of aliphatic hydroxyl groups is 1. The zero-order chi connectivity index (χ0) is 29.1. The number of aromatic amines is 1. The standard InChI is InChI=1S/C34H41FN4O2/c1-22(2)33-30-19-27(7-10-31(30)37-34(33)28-17-23(3)36-24(4)18-28)26-11-13-38(14-12-26)21-32(41)39(15-16-40)20-25-5-8-29(35)9-6-25/h5-10,17-19,22,26,37,40H,11-16,20-21H2,1-4H3. The third-order valence-corrected chi connectivity index (χ3v) is 8.24. The summed E-state index contributed by atoms with van der Waals surface area (Å²) in [4.78, 5) is 25.3. The number of nitrogens with one attached hydrogen (secondary N) is 1. The normalized spacial score (nSPS) is 14.7. The maximum Gasteiger partial charge on any atom is 0.237 e. The first-order chi connectivity index (χ1) is 19.7. The van der Waals surface area contributed by atoms with Gasteiger partial charge in [-0.1, -0.05) is 32.0 Å². The first-order valence-corrected chi connectivity index (χ1v) is 14.7. The fourth-order valence-electron chi connectivity index (χ4n) is 6.23. The Labute approximate surface area is 242 Å². The summed E-state index contributed by atoms with van der Waals surface area (Å²) in [5, 5.41) is 10.8. The molecular formula is C34H41FN4O2. The maximum absolute atomic E-state index is 13.3. The third-order valence-electron chi connectivity index (χ3n) is 8.24. The van der Waals surface area contributed by atoms with Crippen molar-refractivity contribution in [2.24, 2.45) is 0 Å². The third kappa shape index (κ3) is 6.68. The van der Waals surface area contributed by atoms with E-state index in [0.717, 1.165) is 48.4 Å². The smallest absolute Gasteiger partial charge is 0.237 e. The van der Waals surface area contributed by atoms with E-state index in [1.54, 1.807) is 17.0 Å². The van der Waals surface area contributed by atoms with E-state index >= 15 is 0 Å². The van der Waals surface area contributed by atoms with Crippen LogP contribution in [0.2, 0.25) is 0 Å². The second-order valence-corrected chi connectivity index (χ2v) is 11.7. The van der Waals surface area contributed by atoms with Crippen LogP contribution in [-0.4, -0.2) is 63.6 Å². The van der Waals surface area contributed by atoms with Crippen molar-refractivity contribution in [3.8, 4) is 11.3 Å². The van der Waals surface area contributed by atoms with Gasteiger partial charge in [-0.25, -0.2) is 4.39 Å². The highest BCUT2D eigenvalue weighted by Gasteiger charge is 2.25. The van der Waals surface area contributed by atoms with E-state index in [1.807, 2.05) is 13.8 Å². The summed E-state index contributed by atoms with van der Waals surface area (Å²) >= 11 is 0. The van der Waals surface area contributed by atoms with Gasteiger partial charge in [0.15, 0.2) is 0 Å². The average molecular weight is 557 g/mol. The van der Waals surface area contributed by atoms with Crippen LogP contribution in [0.5, 0.6) is 0 Å². The fraction of sp³-hybridized carbons (Fsp3) is 0.412. The molecule has 0 bridgehead atoms. The molecule has 41 heavy (non-hydrogen) atoms.